The van der Waals surface area contributed by atoms with Gasteiger partial charge in [0.1, 0.15) is 12.7 Å². The van der Waals surface area contributed by atoms with E-state index in [0.717, 1.165) is 11.0 Å². The van der Waals surface area contributed by atoms with Gasteiger partial charge >= 0.3 is 18.4 Å². The summed E-state index contributed by atoms with van der Waals surface area (Å²) < 4.78 is 85.1. The second-order valence-electron chi connectivity index (χ2n) is 6.46. The summed E-state index contributed by atoms with van der Waals surface area (Å²) >= 11 is 0. The highest BCUT2D eigenvalue weighted by molar-refractivity contribution is 5.83. The number of nitrogens with two attached hydrogens (primary N) is 1. The van der Waals surface area contributed by atoms with Gasteiger partial charge in [-0.25, -0.2) is 19.6 Å². The quantitative estimate of drug-likeness (QED) is 0.449. The van der Waals surface area contributed by atoms with Gasteiger partial charge in [-0.15, -0.1) is 10.2 Å². The number of hydrogen-bond donors (Lipinski definition) is 1. The first-order valence-corrected chi connectivity index (χ1v) is 8.78. The minimum absolute atomic E-state index is 0.0217. The van der Waals surface area contributed by atoms with Crippen molar-refractivity contribution in [3.05, 3.63) is 65.8 Å². The van der Waals surface area contributed by atoms with Gasteiger partial charge in [0.2, 0.25) is 0 Å². The molecule has 0 amide bonds. The SMILES string of the molecule is Nc1nnc(/C(=C/n2cnc(-c3cc(C(F)(F)F)cc(C(F)(F)F)c3)n2)c2cncnc2)o1. The van der Waals surface area contributed by atoms with Crippen molar-refractivity contribution in [1.29, 1.82) is 0 Å². The molecule has 4 aromatic rings. The summed E-state index contributed by atoms with van der Waals surface area (Å²) in [5, 5.41) is 11.3. The Morgan fingerprint density at radius 2 is 1.58 bits per heavy atom. The molecule has 1 aromatic carbocycles. The highest BCUT2D eigenvalue weighted by Gasteiger charge is 2.37. The van der Waals surface area contributed by atoms with E-state index < -0.39 is 29.0 Å². The average Bonchev–Trinajstić information content (AvgIpc) is 3.40. The maximum absolute atomic E-state index is 13.1. The van der Waals surface area contributed by atoms with Gasteiger partial charge < -0.3 is 10.2 Å². The van der Waals surface area contributed by atoms with Gasteiger partial charge in [-0.2, -0.15) is 26.3 Å². The molecule has 0 atom stereocenters. The van der Waals surface area contributed by atoms with Crippen molar-refractivity contribution in [2.45, 2.75) is 12.4 Å². The van der Waals surface area contributed by atoms with Crippen LogP contribution in [0, 0.1) is 0 Å². The minimum atomic E-state index is -5.00. The van der Waals surface area contributed by atoms with Crippen LogP contribution in [0.4, 0.5) is 32.4 Å². The summed E-state index contributed by atoms with van der Waals surface area (Å²) in [5.41, 5.74) is 2.61. The highest BCUT2D eigenvalue weighted by Crippen LogP contribution is 2.38. The first-order valence-electron chi connectivity index (χ1n) is 8.78. The van der Waals surface area contributed by atoms with Crippen molar-refractivity contribution < 1.29 is 30.8 Å². The van der Waals surface area contributed by atoms with E-state index in [1.165, 1.54) is 24.9 Å². The molecule has 0 aliphatic heterocycles. The molecule has 0 fully saturated rings. The number of benzene rings is 1. The molecule has 0 saturated heterocycles. The van der Waals surface area contributed by atoms with Crippen LogP contribution in [0.5, 0.6) is 0 Å². The molecule has 4 rings (SSSR count). The fourth-order valence-electron chi connectivity index (χ4n) is 2.72. The summed E-state index contributed by atoms with van der Waals surface area (Å²) in [6.45, 7) is 0. The second kappa shape index (κ2) is 7.99. The monoisotopic (exact) mass is 468 g/mol. The lowest BCUT2D eigenvalue weighted by atomic mass is 10.0. The normalized spacial score (nSPS) is 12.8. The van der Waals surface area contributed by atoms with E-state index in [-0.39, 0.29) is 29.4 Å². The van der Waals surface area contributed by atoms with Crippen LogP contribution in [0.15, 0.2) is 47.7 Å². The lowest BCUT2D eigenvalue weighted by Gasteiger charge is -2.13. The molecule has 0 aliphatic carbocycles. The van der Waals surface area contributed by atoms with Crippen molar-refractivity contribution in [2.24, 2.45) is 0 Å². The van der Waals surface area contributed by atoms with Crippen molar-refractivity contribution in [3.63, 3.8) is 0 Å². The lowest BCUT2D eigenvalue weighted by molar-refractivity contribution is -0.143. The van der Waals surface area contributed by atoms with Gasteiger partial charge in [-0.3, -0.25) is 0 Å². The molecule has 0 aliphatic rings. The predicted octanol–water partition coefficient (Wildman–Crippen LogP) is 3.78. The Morgan fingerprint density at radius 1 is 0.939 bits per heavy atom. The Balaban J connectivity index is 1.79. The summed E-state index contributed by atoms with van der Waals surface area (Å²) in [6, 6.07) is 0.844. The van der Waals surface area contributed by atoms with E-state index in [1.54, 1.807) is 0 Å². The van der Waals surface area contributed by atoms with Gasteiger partial charge in [0.25, 0.3) is 5.89 Å². The van der Waals surface area contributed by atoms with Gasteiger partial charge in [0, 0.05) is 29.7 Å². The van der Waals surface area contributed by atoms with Crippen LogP contribution in [0.25, 0.3) is 23.2 Å². The average molecular weight is 468 g/mol. The molecule has 2 N–H and O–H groups in total. The van der Waals surface area contributed by atoms with Crippen LogP contribution < -0.4 is 5.73 Å². The van der Waals surface area contributed by atoms with Crippen LogP contribution in [0.2, 0.25) is 0 Å². The fourth-order valence-corrected chi connectivity index (χ4v) is 2.72. The van der Waals surface area contributed by atoms with Gasteiger partial charge in [-0.05, 0) is 18.2 Å². The van der Waals surface area contributed by atoms with Crippen molar-refractivity contribution in [1.82, 2.24) is 34.9 Å². The zero-order valence-corrected chi connectivity index (χ0v) is 16.0. The van der Waals surface area contributed by atoms with E-state index in [9.17, 15) is 26.3 Å². The number of alkyl halides is 6. The van der Waals surface area contributed by atoms with Crippen molar-refractivity contribution in [2.75, 3.05) is 5.73 Å². The van der Waals surface area contributed by atoms with E-state index in [0.29, 0.717) is 17.7 Å². The van der Waals surface area contributed by atoms with Crippen LogP contribution in [-0.4, -0.2) is 34.9 Å². The summed E-state index contributed by atoms with van der Waals surface area (Å²) in [5.74, 6) is -0.436. The molecule has 0 unspecified atom stereocenters. The first-order chi connectivity index (χ1) is 15.5. The Kier molecular flexibility index (Phi) is 5.31. The third-order valence-corrected chi connectivity index (χ3v) is 4.16. The molecule has 15 heteroatoms. The van der Waals surface area contributed by atoms with Crippen LogP contribution >= 0.6 is 0 Å². The zero-order chi connectivity index (χ0) is 23.8. The molecule has 33 heavy (non-hydrogen) atoms. The Hall–Kier alpha value is -4.30. The van der Waals surface area contributed by atoms with Crippen molar-refractivity contribution in [3.8, 4) is 11.4 Å². The number of hydrogen-bond acceptors (Lipinski definition) is 8. The van der Waals surface area contributed by atoms with Crippen LogP contribution in [0.3, 0.4) is 0 Å². The Bertz CT molecular complexity index is 1280. The van der Waals surface area contributed by atoms with E-state index in [4.69, 9.17) is 10.2 Å². The molecule has 0 spiro atoms. The van der Waals surface area contributed by atoms with Crippen LogP contribution in [0.1, 0.15) is 22.6 Å². The maximum atomic E-state index is 13.1. The fraction of sp³-hybridized carbons (Fsp3) is 0.111. The lowest BCUT2D eigenvalue weighted by Crippen LogP contribution is -2.11. The van der Waals surface area contributed by atoms with E-state index in [2.05, 4.69) is 30.2 Å². The Morgan fingerprint density at radius 3 is 2.12 bits per heavy atom. The van der Waals surface area contributed by atoms with Crippen molar-refractivity contribution >= 4 is 17.8 Å². The summed E-state index contributed by atoms with van der Waals surface area (Å²) in [6.07, 6.45) is -3.57. The molecule has 3 heterocycles. The molecule has 0 radical (unpaired) electrons. The largest absolute Gasteiger partial charge is 0.416 e. The number of nitrogen functional groups attached to an aromatic ring is 1. The van der Waals surface area contributed by atoms with Crippen LogP contribution in [-0.2, 0) is 12.4 Å². The highest BCUT2D eigenvalue weighted by atomic mass is 19.4. The summed E-state index contributed by atoms with van der Waals surface area (Å²) in [7, 11) is 0. The number of nitrogens with zero attached hydrogens (tertiary/aromatic N) is 7. The zero-order valence-electron chi connectivity index (χ0n) is 16.0. The third-order valence-electron chi connectivity index (χ3n) is 4.16. The molecule has 9 nitrogen and oxygen atoms in total. The van der Waals surface area contributed by atoms with E-state index >= 15 is 0 Å². The van der Waals surface area contributed by atoms with E-state index in [1.807, 2.05) is 0 Å². The topological polar surface area (TPSA) is 121 Å². The van der Waals surface area contributed by atoms with Gasteiger partial charge in [0.15, 0.2) is 5.82 Å². The van der Waals surface area contributed by atoms with Gasteiger partial charge in [0.05, 0.1) is 16.7 Å². The smallest absolute Gasteiger partial charge is 0.403 e. The minimum Gasteiger partial charge on any atom is -0.403 e. The number of aromatic nitrogens is 7. The first kappa shape index (κ1) is 21.9. The number of rotatable bonds is 4. The molecular formula is C18H10F6N8O. The third kappa shape index (κ3) is 4.81. The second-order valence-corrected chi connectivity index (χ2v) is 6.46. The molecule has 0 saturated carbocycles. The predicted molar refractivity (Wildman–Crippen MR) is 99.5 cm³/mol. The molecule has 3 aromatic heterocycles. The standard InChI is InChI=1S/C18H10F6N8O/c19-17(20,21)11-1-9(2-12(3-11)18(22,23)24)14-28-8-32(31-14)6-13(10-4-26-7-27-5-10)15-29-30-16(25)33-15/h1-8H,(H2,25,30)/b13-6+. The molecular weight excluding hydrogens is 458 g/mol. The number of anilines is 1. The Labute approximate surface area is 179 Å². The van der Waals surface area contributed by atoms with Gasteiger partial charge in [-0.1, -0.05) is 5.10 Å². The molecule has 170 valence electrons. The summed E-state index contributed by atoms with van der Waals surface area (Å²) in [4.78, 5) is 11.6. The molecule has 0 bridgehead atoms. The maximum Gasteiger partial charge on any atom is 0.416 e. The number of halogens is 6.